The molecular weight excluding hydrogens is 136 g/mol. The van der Waals surface area contributed by atoms with Crippen LogP contribution in [0.1, 0.15) is 33.1 Å². The Hall–Kier alpha value is -0.0800. The highest BCUT2D eigenvalue weighted by atomic mass is 15.5. The van der Waals surface area contributed by atoms with E-state index in [9.17, 15) is 0 Å². The third kappa shape index (κ3) is 2.80. The molecule has 0 bridgehead atoms. The molecule has 2 nitrogen and oxygen atoms in total. The summed E-state index contributed by atoms with van der Waals surface area (Å²) in [5, 5.41) is 2.31. The molecule has 1 aliphatic rings. The molecule has 1 rings (SSSR count). The molecule has 11 heavy (non-hydrogen) atoms. The van der Waals surface area contributed by atoms with Gasteiger partial charge in [-0.05, 0) is 31.7 Å². The molecule has 1 heterocycles. The second kappa shape index (κ2) is 3.55. The Kier molecular flexibility index (Phi) is 2.90. The van der Waals surface area contributed by atoms with Crippen LogP contribution in [-0.4, -0.2) is 25.1 Å². The second-order valence-corrected chi connectivity index (χ2v) is 4.23. The molecule has 1 N–H and O–H groups in total. The Labute approximate surface area is 69.9 Å². The monoisotopic (exact) mass is 156 g/mol. The van der Waals surface area contributed by atoms with Gasteiger partial charge in [0.1, 0.15) is 0 Å². The topological polar surface area (TPSA) is 15.3 Å². The van der Waals surface area contributed by atoms with E-state index in [1.165, 1.54) is 32.4 Å². The van der Waals surface area contributed by atoms with Gasteiger partial charge in [-0.2, -0.15) is 0 Å². The third-order valence-electron chi connectivity index (χ3n) is 2.66. The molecule has 0 atom stereocenters. The molecule has 0 radical (unpaired) electrons. The largest absolute Gasteiger partial charge is 0.258 e. The first kappa shape index (κ1) is 9.01. The Morgan fingerprint density at radius 3 is 2.55 bits per heavy atom. The minimum Gasteiger partial charge on any atom is -0.258 e. The van der Waals surface area contributed by atoms with Crippen LogP contribution in [0, 0.1) is 5.41 Å². The van der Waals surface area contributed by atoms with Crippen LogP contribution in [0.2, 0.25) is 0 Å². The number of nitrogens with one attached hydrogen (secondary N) is 1. The van der Waals surface area contributed by atoms with Crippen LogP contribution in [0.25, 0.3) is 0 Å². The molecule has 1 saturated heterocycles. The van der Waals surface area contributed by atoms with Crippen molar-refractivity contribution in [2.75, 3.05) is 20.1 Å². The van der Waals surface area contributed by atoms with Crippen molar-refractivity contribution in [3.63, 3.8) is 0 Å². The zero-order valence-electron chi connectivity index (χ0n) is 7.98. The lowest BCUT2D eigenvalue weighted by atomic mass is 9.85. The highest BCUT2D eigenvalue weighted by molar-refractivity contribution is 4.74. The molecule has 0 aromatic heterocycles. The molecule has 0 aromatic rings. The molecule has 66 valence electrons. The standard InChI is InChI=1S/C9H20N2/c1-9(2)5-4-7-11(10-3)8-6-9/h10H,4-8H2,1-3H3. The summed E-state index contributed by atoms with van der Waals surface area (Å²) in [6, 6.07) is 0. The highest BCUT2D eigenvalue weighted by Crippen LogP contribution is 2.28. The number of hydrogen-bond acceptors (Lipinski definition) is 2. The fourth-order valence-corrected chi connectivity index (χ4v) is 1.65. The van der Waals surface area contributed by atoms with Gasteiger partial charge in [-0.15, -0.1) is 0 Å². The number of rotatable bonds is 1. The quantitative estimate of drug-likeness (QED) is 0.621. The van der Waals surface area contributed by atoms with E-state index in [0.29, 0.717) is 5.41 Å². The lowest BCUT2D eigenvalue weighted by molar-refractivity contribution is 0.205. The molecule has 1 aliphatic heterocycles. The van der Waals surface area contributed by atoms with E-state index in [2.05, 4.69) is 24.3 Å². The normalized spacial score (nSPS) is 26.5. The molecule has 1 fully saturated rings. The third-order valence-corrected chi connectivity index (χ3v) is 2.66. The number of hydrazine groups is 1. The van der Waals surface area contributed by atoms with Gasteiger partial charge in [-0.25, -0.2) is 5.01 Å². The fraction of sp³-hybridized carbons (Fsp3) is 1.00. The van der Waals surface area contributed by atoms with Crippen LogP contribution in [0.3, 0.4) is 0 Å². The smallest absolute Gasteiger partial charge is 0.0135 e. The maximum Gasteiger partial charge on any atom is 0.0135 e. The molecule has 0 spiro atoms. The van der Waals surface area contributed by atoms with E-state index in [4.69, 9.17) is 0 Å². The van der Waals surface area contributed by atoms with E-state index < -0.39 is 0 Å². The van der Waals surface area contributed by atoms with Crippen LogP contribution in [0.15, 0.2) is 0 Å². The predicted octanol–water partition coefficient (Wildman–Crippen LogP) is 1.63. The first-order chi connectivity index (χ1) is 5.14. The van der Waals surface area contributed by atoms with Crippen molar-refractivity contribution < 1.29 is 0 Å². The van der Waals surface area contributed by atoms with Gasteiger partial charge >= 0.3 is 0 Å². The van der Waals surface area contributed by atoms with E-state index in [-0.39, 0.29) is 0 Å². The van der Waals surface area contributed by atoms with Crippen molar-refractivity contribution >= 4 is 0 Å². The van der Waals surface area contributed by atoms with Crippen molar-refractivity contribution in [3.8, 4) is 0 Å². The summed E-state index contributed by atoms with van der Waals surface area (Å²) in [6.07, 6.45) is 4.01. The van der Waals surface area contributed by atoms with Gasteiger partial charge in [0.2, 0.25) is 0 Å². The molecule has 0 amide bonds. The molecule has 2 heteroatoms. The van der Waals surface area contributed by atoms with Crippen molar-refractivity contribution in [2.24, 2.45) is 5.41 Å². The van der Waals surface area contributed by atoms with Crippen molar-refractivity contribution in [1.29, 1.82) is 0 Å². The van der Waals surface area contributed by atoms with Crippen molar-refractivity contribution in [1.82, 2.24) is 10.4 Å². The summed E-state index contributed by atoms with van der Waals surface area (Å²) in [5.41, 5.74) is 3.78. The van der Waals surface area contributed by atoms with Gasteiger partial charge in [-0.3, -0.25) is 5.43 Å². The van der Waals surface area contributed by atoms with Gasteiger partial charge in [0.15, 0.2) is 0 Å². The lowest BCUT2D eigenvalue weighted by Gasteiger charge is -2.22. The zero-order valence-corrected chi connectivity index (χ0v) is 7.98. The summed E-state index contributed by atoms with van der Waals surface area (Å²) in [4.78, 5) is 0. The maximum absolute atomic E-state index is 3.22. The molecule has 0 saturated carbocycles. The van der Waals surface area contributed by atoms with E-state index >= 15 is 0 Å². The Bertz CT molecular complexity index is 121. The van der Waals surface area contributed by atoms with Crippen LogP contribution < -0.4 is 5.43 Å². The van der Waals surface area contributed by atoms with Crippen LogP contribution in [0.5, 0.6) is 0 Å². The molecule has 0 aromatic carbocycles. The Morgan fingerprint density at radius 1 is 1.18 bits per heavy atom. The Balaban J connectivity index is 2.39. The minimum absolute atomic E-state index is 0.561. The van der Waals surface area contributed by atoms with Gasteiger partial charge in [0, 0.05) is 13.1 Å². The average molecular weight is 156 g/mol. The van der Waals surface area contributed by atoms with Crippen LogP contribution in [-0.2, 0) is 0 Å². The summed E-state index contributed by atoms with van der Waals surface area (Å²) in [7, 11) is 2.01. The average Bonchev–Trinajstić information content (AvgIpc) is 2.10. The zero-order chi connectivity index (χ0) is 8.32. The van der Waals surface area contributed by atoms with Gasteiger partial charge in [-0.1, -0.05) is 13.8 Å². The fourth-order valence-electron chi connectivity index (χ4n) is 1.65. The van der Waals surface area contributed by atoms with E-state index in [1.54, 1.807) is 0 Å². The summed E-state index contributed by atoms with van der Waals surface area (Å²) in [6.45, 7) is 7.14. The first-order valence-electron chi connectivity index (χ1n) is 4.56. The highest BCUT2D eigenvalue weighted by Gasteiger charge is 2.21. The minimum atomic E-state index is 0.561. The van der Waals surface area contributed by atoms with E-state index in [1.807, 2.05) is 7.05 Å². The summed E-state index contributed by atoms with van der Waals surface area (Å²) in [5.74, 6) is 0. The number of nitrogens with zero attached hydrogens (tertiary/aromatic N) is 1. The van der Waals surface area contributed by atoms with Gasteiger partial charge in [0.05, 0.1) is 0 Å². The van der Waals surface area contributed by atoms with Crippen LogP contribution >= 0.6 is 0 Å². The predicted molar refractivity (Wildman–Crippen MR) is 48.3 cm³/mol. The van der Waals surface area contributed by atoms with Gasteiger partial charge in [0.25, 0.3) is 0 Å². The van der Waals surface area contributed by atoms with Gasteiger partial charge < -0.3 is 0 Å². The molecule has 0 aliphatic carbocycles. The Morgan fingerprint density at radius 2 is 1.91 bits per heavy atom. The summed E-state index contributed by atoms with van der Waals surface area (Å²) >= 11 is 0. The first-order valence-corrected chi connectivity index (χ1v) is 4.56. The molecule has 0 unspecified atom stereocenters. The SMILES string of the molecule is CNN1CCCC(C)(C)CC1. The number of hydrogen-bond donors (Lipinski definition) is 1. The molecular formula is C9H20N2. The van der Waals surface area contributed by atoms with Crippen molar-refractivity contribution in [2.45, 2.75) is 33.1 Å². The van der Waals surface area contributed by atoms with Crippen molar-refractivity contribution in [3.05, 3.63) is 0 Å². The van der Waals surface area contributed by atoms with Crippen LogP contribution in [0.4, 0.5) is 0 Å². The summed E-state index contributed by atoms with van der Waals surface area (Å²) < 4.78 is 0. The van der Waals surface area contributed by atoms with E-state index in [0.717, 1.165) is 0 Å². The maximum atomic E-state index is 3.22. The second-order valence-electron chi connectivity index (χ2n) is 4.23. The lowest BCUT2D eigenvalue weighted by Crippen LogP contribution is -2.35.